The Balaban J connectivity index is 1.96. The van der Waals surface area contributed by atoms with Crippen molar-refractivity contribution in [2.24, 2.45) is 0 Å². The third-order valence-electron chi connectivity index (χ3n) is 3.67. The molecule has 2 aromatic carbocycles. The molecule has 0 amide bonds. The van der Waals surface area contributed by atoms with Gasteiger partial charge in [-0.2, -0.15) is 0 Å². The Kier molecular flexibility index (Phi) is 4.77. The number of nitrogens with zero attached hydrogens (tertiary/aromatic N) is 2. The van der Waals surface area contributed by atoms with Crippen molar-refractivity contribution in [2.75, 3.05) is 7.11 Å². The Morgan fingerprint density at radius 3 is 2.73 bits per heavy atom. The number of halogens is 1. The van der Waals surface area contributed by atoms with Gasteiger partial charge in [-0.1, -0.05) is 17.7 Å². The second-order valence-corrected chi connectivity index (χ2v) is 5.94. The number of carbonyl (C=O) groups excluding carboxylic acids is 1. The molecule has 0 aliphatic rings. The van der Waals surface area contributed by atoms with Crippen LogP contribution in [0.4, 0.5) is 5.69 Å². The quantitative estimate of drug-likeness (QED) is 0.411. The molecule has 0 unspecified atom stereocenters. The molecule has 3 rings (SSSR count). The van der Waals surface area contributed by atoms with Crippen molar-refractivity contribution < 1.29 is 19.2 Å². The Bertz CT molecular complexity index is 1020. The van der Waals surface area contributed by atoms with E-state index in [1.54, 1.807) is 25.1 Å². The average Bonchev–Trinajstić information content (AvgIpc) is 2.95. The molecule has 0 aliphatic heterocycles. The zero-order chi connectivity index (χ0) is 18.8. The molecule has 26 heavy (non-hydrogen) atoms. The lowest BCUT2D eigenvalue weighted by Gasteiger charge is -2.09. The number of fused-ring (bicyclic) bond motifs is 1. The molecule has 3 aromatic rings. The number of aromatic amines is 1. The lowest BCUT2D eigenvalue weighted by Crippen LogP contribution is -2.04. The minimum atomic E-state index is -0.537. The summed E-state index contributed by atoms with van der Waals surface area (Å²) in [6, 6.07) is 7.59. The summed E-state index contributed by atoms with van der Waals surface area (Å²) >= 11 is 6.19. The average molecular weight is 376 g/mol. The van der Waals surface area contributed by atoms with Gasteiger partial charge < -0.3 is 14.5 Å². The lowest BCUT2D eigenvalue weighted by atomic mass is 10.1. The number of hydrogen-bond donors (Lipinski definition) is 1. The van der Waals surface area contributed by atoms with Gasteiger partial charge in [0, 0.05) is 12.1 Å². The second kappa shape index (κ2) is 7.01. The van der Waals surface area contributed by atoms with Gasteiger partial charge in [-0.15, -0.1) is 0 Å². The summed E-state index contributed by atoms with van der Waals surface area (Å²) < 4.78 is 10.3. The first kappa shape index (κ1) is 17.7. The molecule has 0 aliphatic carbocycles. The molecule has 9 heteroatoms. The van der Waals surface area contributed by atoms with Gasteiger partial charge in [0.15, 0.2) is 0 Å². The fourth-order valence-electron chi connectivity index (χ4n) is 2.47. The van der Waals surface area contributed by atoms with Crippen molar-refractivity contribution in [3.05, 3.63) is 56.9 Å². The lowest BCUT2D eigenvalue weighted by molar-refractivity contribution is -0.385. The Morgan fingerprint density at radius 2 is 2.08 bits per heavy atom. The first-order chi connectivity index (χ1) is 12.4. The number of esters is 1. The molecule has 0 bridgehead atoms. The predicted octanol–water partition coefficient (Wildman–Crippen LogP) is 3.94. The summed E-state index contributed by atoms with van der Waals surface area (Å²) in [4.78, 5) is 29.4. The summed E-state index contributed by atoms with van der Waals surface area (Å²) in [6.45, 7) is 1.75. The van der Waals surface area contributed by atoms with E-state index >= 15 is 0 Å². The third-order valence-corrected chi connectivity index (χ3v) is 3.97. The Hall–Kier alpha value is -3.13. The number of H-pyrrole nitrogens is 1. The van der Waals surface area contributed by atoms with E-state index in [0.29, 0.717) is 22.4 Å². The third kappa shape index (κ3) is 3.60. The number of aromatic nitrogens is 2. The van der Waals surface area contributed by atoms with Crippen LogP contribution in [0, 0.1) is 17.0 Å². The standard InChI is InChI=1S/C17H14ClN3O5/c1-9-19-12-7-14(21(23)24)16(8-13(12)20-9)26-15-4-3-10(5-11(15)18)6-17(22)25-2/h3-5,7-8H,6H2,1-2H3,(H,19,20). The van der Waals surface area contributed by atoms with Crippen molar-refractivity contribution in [1.29, 1.82) is 0 Å². The topological polar surface area (TPSA) is 107 Å². The summed E-state index contributed by atoms with van der Waals surface area (Å²) in [5, 5.41) is 11.6. The first-order valence-electron chi connectivity index (χ1n) is 7.55. The highest BCUT2D eigenvalue weighted by Gasteiger charge is 2.20. The molecule has 0 fully saturated rings. The molecular formula is C17H14ClN3O5. The zero-order valence-corrected chi connectivity index (χ0v) is 14.7. The van der Waals surface area contributed by atoms with Gasteiger partial charge in [0.1, 0.15) is 11.6 Å². The van der Waals surface area contributed by atoms with Gasteiger partial charge in [-0.25, -0.2) is 4.98 Å². The highest BCUT2D eigenvalue weighted by Crippen LogP contribution is 2.37. The number of nitrogens with one attached hydrogen (secondary N) is 1. The number of ether oxygens (including phenoxy) is 2. The number of methoxy groups -OCH3 is 1. The highest BCUT2D eigenvalue weighted by molar-refractivity contribution is 6.32. The van der Waals surface area contributed by atoms with Crippen molar-refractivity contribution in [3.63, 3.8) is 0 Å². The fourth-order valence-corrected chi connectivity index (χ4v) is 2.71. The summed E-state index contributed by atoms with van der Waals surface area (Å²) in [5.74, 6) is 0.493. The van der Waals surface area contributed by atoms with Crippen LogP contribution < -0.4 is 4.74 Å². The summed E-state index contributed by atoms with van der Waals surface area (Å²) in [6.07, 6.45) is 0.0646. The number of hydrogen-bond acceptors (Lipinski definition) is 6. The minimum absolute atomic E-state index is 0.0246. The van der Waals surface area contributed by atoms with Gasteiger partial charge in [-0.3, -0.25) is 14.9 Å². The monoisotopic (exact) mass is 375 g/mol. The SMILES string of the molecule is COC(=O)Cc1ccc(Oc2cc3nc(C)[nH]c3cc2[N+](=O)[O-])c(Cl)c1. The fraction of sp³-hybridized carbons (Fsp3) is 0.176. The van der Waals surface area contributed by atoms with Crippen LogP contribution in [0.25, 0.3) is 11.0 Å². The largest absolute Gasteiger partial charge is 0.469 e. The molecule has 0 saturated carbocycles. The number of imidazole rings is 1. The van der Waals surface area contributed by atoms with Crippen LogP contribution in [0.2, 0.25) is 5.02 Å². The Morgan fingerprint density at radius 1 is 1.31 bits per heavy atom. The highest BCUT2D eigenvalue weighted by atomic mass is 35.5. The molecule has 0 atom stereocenters. The number of benzene rings is 2. The summed E-state index contributed by atoms with van der Waals surface area (Å²) in [7, 11) is 1.30. The maximum atomic E-state index is 11.4. The summed E-state index contributed by atoms with van der Waals surface area (Å²) in [5.41, 5.74) is 1.51. The van der Waals surface area contributed by atoms with Gasteiger partial charge in [0.05, 0.1) is 34.5 Å². The first-order valence-corrected chi connectivity index (χ1v) is 7.93. The van der Waals surface area contributed by atoms with Crippen molar-refractivity contribution in [3.8, 4) is 11.5 Å². The molecule has 8 nitrogen and oxygen atoms in total. The molecule has 1 N–H and O–H groups in total. The van der Waals surface area contributed by atoms with Gasteiger partial charge in [0.25, 0.3) is 0 Å². The van der Waals surface area contributed by atoms with E-state index in [-0.39, 0.29) is 28.6 Å². The molecule has 1 aromatic heterocycles. The molecule has 0 saturated heterocycles. The van der Waals surface area contributed by atoms with E-state index < -0.39 is 10.9 Å². The van der Waals surface area contributed by atoms with Crippen LogP contribution in [0.1, 0.15) is 11.4 Å². The van der Waals surface area contributed by atoms with Crippen LogP contribution in [0.5, 0.6) is 11.5 Å². The maximum absolute atomic E-state index is 11.4. The smallest absolute Gasteiger partial charge is 0.313 e. The van der Waals surface area contributed by atoms with Crippen molar-refractivity contribution in [2.45, 2.75) is 13.3 Å². The van der Waals surface area contributed by atoms with Crippen molar-refractivity contribution >= 4 is 34.3 Å². The van der Waals surface area contributed by atoms with E-state index in [0.717, 1.165) is 0 Å². The van der Waals surface area contributed by atoms with E-state index in [2.05, 4.69) is 14.7 Å². The second-order valence-electron chi connectivity index (χ2n) is 5.54. The Labute approximate surface area is 152 Å². The number of nitro groups is 1. The van der Waals surface area contributed by atoms with Crippen LogP contribution in [-0.4, -0.2) is 28.0 Å². The van der Waals surface area contributed by atoms with Gasteiger partial charge in [-0.05, 0) is 24.6 Å². The molecule has 0 spiro atoms. The van der Waals surface area contributed by atoms with Crippen LogP contribution in [-0.2, 0) is 16.0 Å². The van der Waals surface area contributed by atoms with E-state index in [4.69, 9.17) is 16.3 Å². The number of nitro benzene ring substituents is 1. The van der Waals surface area contributed by atoms with E-state index in [9.17, 15) is 14.9 Å². The molecule has 0 radical (unpaired) electrons. The van der Waals surface area contributed by atoms with Gasteiger partial charge in [0.2, 0.25) is 5.75 Å². The van der Waals surface area contributed by atoms with Crippen molar-refractivity contribution in [1.82, 2.24) is 9.97 Å². The molecular weight excluding hydrogens is 362 g/mol. The van der Waals surface area contributed by atoms with Crippen LogP contribution in [0.3, 0.4) is 0 Å². The number of carbonyl (C=O) groups is 1. The van der Waals surface area contributed by atoms with E-state index in [1.165, 1.54) is 19.2 Å². The zero-order valence-electron chi connectivity index (χ0n) is 13.9. The number of rotatable bonds is 5. The minimum Gasteiger partial charge on any atom is -0.469 e. The normalized spacial score (nSPS) is 10.7. The van der Waals surface area contributed by atoms with Gasteiger partial charge >= 0.3 is 11.7 Å². The van der Waals surface area contributed by atoms with E-state index in [1.807, 2.05) is 0 Å². The van der Waals surface area contributed by atoms with Crippen LogP contribution in [0.15, 0.2) is 30.3 Å². The predicted molar refractivity (Wildman–Crippen MR) is 94.7 cm³/mol. The number of aryl methyl sites for hydroxylation is 1. The molecule has 1 heterocycles. The van der Waals surface area contributed by atoms with Crippen LogP contribution >= 0.6 is 11.6 Å². The molecule has 134 valence electrons. The maximum Gasteiger partial charge on any atom is 0.313 e.